The van der Waals surface area contributed by atoms with Crippen molar-refractivity contribution in [3.8, 4) is 0 Å². The van der Waals surface area contributed by atoms with Crippen LogP contribution >= 0.6 is 11.8 Å². The molecule has 0 saturated heterocycles. The molecule has 0 unspecified atom stereocenters. The third-order valence-electron chi connectivity index (χ3n) is 2.76. The van der Waals surface area contributed by atoms with Crippen molar-refractivity contribution in [2.24, 2.45) is 5.73 Å². The minimum absolute atomic E-state index is 0.605. The van der Waals surface area contributed by atoms with Crippen molar-refractivity contribution < 1.29 is 0 Å². The molecular weight excluding hydrogens is 244 g/mol. The first-order chi connectivity index (χ1) is 8.61. The van der Waals surface area contributed by atoms with E-state index >= 15 is 0 Å². The molecule has 96 valence electrons. The molecule has 0 bridgehead atoms. The molecular formula is C13H18N4S. The Labute approximate surface area is 111 Å². The van der Waals surface area contributed by atoms with Crippen LogP contribution in [0.25, 0.3) is 0 Å². The van der Waals surface area contributed by atoms with Crippen LogP contribution in [0, 0.1) is 13.8 Å². The Morgan fingerprint density at radius 3 is 2.50 bits per heavy atom. The van der Waals surface area contributed by atoms with Crippen molar-refractivity contribution in [3.05, 3.63) is 35.7 Å². The smallest absolute Gasteiger partial charge is 0.0735 e. The lowest BCUT2D eigenvalue weighted by Crippen LogP contribution is -2.12. The van der Waals surface area contributed by atoms with Crippen molar-refractivity contribution >= 4 is 17.4 Å². The predicted molar refractivity (Wildman–Crippen MR) is 75.7 cm³/mol. The van der Waals surface area contributed by atoms with Crippen LogP contribution < -0.4 is 11.5 Å². The molecule has 0 radical (unpaired) electrons. The van der Waals surface area contributed by atoms with Gasteiger partial charge in [-0.1, -0.05) is 11.8 Å². The monoisotopic (exact) mass is 262 g/mol. The summed E-state index contributed by atoms with van der Waals surface area (Å²) in [5.41, 5.74) is 14.3. The van der Waals surface area contributed by atoms with Crippen LogP contribution in [0.1, 0.15) is 11.4 Å². The highest BCUT2D eigenvalue weighted by Gasteiger charge is 2.12. The van der Waals surface area contributed by atoms with Gasteiger partial charge in [0, 0.05) is 22.8 Å². The molecule has 2 rings (SSSR count). The molecule has 0 aliphatic carbocycles. The fourth-order valence-corrected chi connectivity index (χ4v) is 2.77. The average Bonchev–Trinajstić information content (AvgIpc) is 2.60. The van der Waals surface area contributed by atoms with E-state index < -0.39 is 0 Å². The van der Waals surface area contributed by atoms with E-state index in [-0.39, 0.29) is 0 Å². The second-order valence-electron chi connectivity index (χ2n) is 4.18. The maximum absolute atomic E-state index is 5.68. The third-order valence-corrected chi connectivity index (χ3v) is 4.06. The number of hydrogen-bond acceptors (Lipinski definition) is 4. The molecule has 5 heteroatoms. The summed E-state index contributed by atoms with van der Waals surface area (Å²) in [4.78, 5) is 2.37. The van der Waals surface area contributed by atoms with Crippen molar-refractivity contribution in [1.29, 1.82) is 0 Å². The van der Waals surface area contributed by atoms with Gasteiger partial charge in [-0.2, -0.15) is 5.10 Å². The van der Waals surface area contributed by atoms with Gasteiger partial charge in [0.05, 0.1) is 17.1 Å². The van der Waals surface area contributed by atoms with Gasteiger partial charge < -0.3 is 11.5 Å². The molecule has 0 aliphatic rings. The van der Waals surface area contributed by atoms with Crippen molar-refractivity contribution in [2.45, 2.75) is 30.2 Å². The van der Waals surface area contributed by atoms with Crippen LogP contribution in [-0.4, -0.2) is 16.3 Å². The van der Waals surface area contributed by atoms with Crippen LogP contribution in [-0.2, 0) is 6.54 Å². The van der Waals surface area contributed by atoms with Crippen LogP contribution in [0.2, 0.25) is 0 Å². The molecule has 4 nitrogen and oxygen atoms in total. The highest BCUT2D eigenvalue weighted by atomic mass is 32.2. The van der Waals surface area contributed by atoms with Gasteiger partial charge in [-0.05, 0) is 38.1 Å². The van der Waals surface area contributed by atoms with Gasteiger partial charge in [0.1, 0.15) is 0 Å². The number of anilines is 1. The minimum Gasteiger partial charge on any atom is -0.399 e. The summed E-state index contributed by atoms with van der Waals surface area (Å²) in [5, 5.41) is 4.50. The molecule has 0 amide bonds. The number of rotatable bonds is 4. The summed E-state index contributed by atoms with van der Waals surface area (Å²) in [6.07, 6.45) is 0. The number of aryl methyl sites for hydroxylation is 1. The van der Waals surface area contributed by atoms with E-state index in [4.69, 9.17) is 11.5 Å². The average molecular weight is 262 g/mol. The fourth-order valence-electron chi connectivity index (χ4n) is 1.82. The first-order valence-electron chi connectivity index (χ1n) is 5.89. The molecule has 0 spiro atoms. The molecule has 0 atom stereocenters. The standard InChI is InChI=1S/C13H18N4S/c1-9-13(10(2)17(16-9)8-7-14)18-12-5-3-11(15)4-6-12/h3-6H,7-8,14-15H2,1-2H3. The van der Waals surface area contributed by atoms with Crippen LogP contribution in [0.3, 0.4) is 0 Å². The number of aromatic nitrogens is 2. The maximum Gasteiger partial charge on any atom is 0.0735 e. The molecule has 1 aromatic heterocycles. The van der Waals surface area contributed by atoms with Gasteiger partial charge in [-0.15, -0.1) is 0 Å². The van der Waals surface area contributed by atoms with Crippen LogP contribution in [0.4, 0.5) is 5.69 Å². The number of nitrogen functional groups attached to an aromatic ring is 1. The zero-order chi connectivity index (χ0) is 13.1. The van der Waals surface area contributed by atoms with E-state index in [1.807, 2.05) is 35.9 Å². The topological polar surface area (TPSA) is 69.9 Å². The fraction of sp³-hybridized carbons (Fsp3) is 0.308. The molecule has 18 heavy (non-hydrogen) atoms. The lowest BCUT2D eigenvalue weighted by atomic mass is 10.3. The SMILES string of the molecule is Cc1nn(CCN)c(C)c1Sc1ccc(N)cc1. The summed E-state index contributed by atoms with van der Waals surface area (Å²) < 4.78 is 1.97. The molecule has 2 aromatic rings. The van der Waals surface area contributed by atoms with E-state index in [2.05, 4.69) is 12.0 Å². The third kappa shape index (κ3) is 2.68. The highest BCUT2D eigenvalue weighted by molar-refractivity contribution is 7.99. The maximum atomic E-state index is 5.68. The van der Waals surface area contributed by atoms with E-state index in [1.165, 1.54) is 15.5 Å². The van der Waals surface area contributed by atoms with Crippen molar-refractivity contribution in [3.63, 3.8) is 0 Å². The second-order valence-corrected chi connectivity index (χ2v) is 5.27. The minimum atomic E-state index is 0.605. The van der Waals surface area contributed by atoms with E-state index in [1.54, 1.807) is 11.8 Å². The van der Waals surface area contributed by atoms with E-state index in [9.17, 15) is 0 Å². The molecule has 0 saturated carbocycles. The van der Waals surface area contributed by atoms with E-state index in [0.29, 0.717) is 6.54 Å². The van der Waals surface area contributed by atoms with Crippen LogP contribution in [0.5, 0.6) is 0 Å². The molecule has 4 N–H and O–H groups in total. The largest absolute Gasteiger partial charge is 0.399 e. The molecule has 0 aliphatic heterocycles. The lowest BCUT2D eigenvalue weighted by Gasteiger charge is -2.04. The number of nitrogens with zero attached hydrogens (tertiary/aromatic N) is 2. The van der Waals surface area contributed by atoms with Gasteiger partial charge >= 0.3 is 0 Å². The summed E-state index contributed by atoms with van der Waals surface area (Å²) in [6.45, 7) is 5.47. The summed E-state index contributed by atoms with van der Waals surface area (Å²) >= 11 is 1.72. The quantitative estimate of drug-likeness (QED) is 0.829. The molecule has 1 heterocycles. The van der Waals surface area contributed by atoms with Gasteiger partial charge in [-0.25, -0.2) is 0 Å². The Kier molecular flexibility index (Phi) is 3.93. The number of benzene rings is 1. The van der Waals surface area contributed by atoms with Crippen molar-refractivity contribution in [1.82, 2.24) is 9.78 Å². The Balaban J connectivity index is 2.26. The Hall–Kier alpha value is -1.46. The zero-order valence-corrected chi connectivity index (χ0v) is 11.5. The van der Waals surface area contributed by atoms with Gasteiger partial charge in [0.2, 0.25) is 0 Å². The lowest BCUT2D eigenvalue weighted by molar-refractivity contribution is 0.602. The zero-order valence-electron chi connectivity index (χ0n) is 10.7. The normalized spacial score (nSPS) is 10.8. The second kappa shape index (κ2) is 5.46. The van der Waals surface area contributed by atoms with Crippen molar-refractivity contribution in [2.75, 3.05) is 12.3 Å². The Morgan fingerprint density at radius 2 is 1.89 bits per heavy atom. The first kappa shape index (κ1) is 13.0. The Morgan fingerprint density at radius 1 is 1.22 bits per heavy atom. The van der Waals surface area contributed by atoms with E-state index in [0.717, 1.165) is 17.9 Å². The molecule has 1 aromatic carbocycles. The summed E-state index contributed by atoms with van der Waals surface area (Å²) in [7, 11) is 0. The number of hydrogen-bond donors (Lipinski definition) is 2. The van der Waals surface area contributed by atoms with Gasteiger partial charge in [0.15, 0.2) is 0 Å². The van der Waals surface area contributed by atoms with Crippen LogP contribution in [0.15, 0.2) is 34.1 Å². The van der Waals surface area contributed by atoms with Gasteiger partial charge in [0.25, 0.3) is 0 Å². The number of nitrogens with two attached hydrogens (primary N) is 2. The van der Waals surface area contributed by atoms with Gasteiger partial charge in [-0.3, -0.25) is 4.68 Å². The predicted octanol–water partition coefficient (Wildman–Crippen LogP) is 2.19. The summed E-state index contributed by atoms with van der Waals surface area (Å²) in [6, 6.07) is 7.88. The summed E-state index contributed by atoms with van der Waals surface area (Å²) in [5.74, 6) is 0. The Bertz CT molecular complexity index is 531. The molecule has 0 fully saturated rings. The highest BCUT2D eigenvalue weighted by Crippen LogP contribution is 2.32. The first-order valence-corrected chi connectivity index (χ1v) is 6.71.